The summed E-state index contributed by atoms with van der Waals surface area (Å²) in [6.45, 7) is 4.68. The Kier molecular flexibility index (Phi) is 5.99. The third-order valence-electron chi connectivity index (χ3n) is 2.76. The van der Waals surface area contributed by atoms with Crippen LogP contribution in [0.3, 0.4) is 0 Å². The van der Waals surface area contributed by atoms with Crippen molar-refractivity contribution < 1.29 is 9.59 Å². The standard InChI is InChI=1S/C14H22N4O2/c1-4-16-13(19)8-18(3)9-14(20)17-11-6-5-10(2)12(15)7-11/h5-7H,4,8-9,15H2,1-3H3,(H,16,19)(H,17,20). The lowest BCUT2D eigenvalue weighted by atomic mass is 10.2. The molecule has 0 aliphatic carbocycles. The number of nitrogens with zero attached hydrogens (tertiary/aromatic N) is 1. The number of hydrogen-bond donors (Lipinski definition) is 3. The summed E-state index contributed by atoms with van der Waals surface area (Å²) in [7, 11) is 1.72. The molecule has 0 saturated heterocycles. The molecule has 110 valence electrons. The Bertz CT molecular complexity index is 488. The lowest BCUT2D eigenvalue weighted by Crippen LogP contribution is -2.38. The monoisotopic (exact) mass is 278 g/mol. The minimum atomic E-state index is -0.181. The number of amides is 2. The van der Waals surface area contributed by atoms with E-state index in [0.717, 1.165) is 5.56 Å². The van der Waals surface area contributed by atoms with Crippen LogP contribution in [0.15, 0.2) is 18.2 Å². The predicted molar refractivity (Wildman–Crippen MR) is 80.4 cm³/mol. The lowest BCUT2D eigenvalue weighted by Gasteiger charge is -2.16. The van der Waals surface area contributed by atoms with Gasteiger partial charge in [-0.2, -0.15) is 0 Å². The number of carbonyl (C=O) groups is 2. The molecule has 0 fully saturated rings. The Morgan fingerprint density at radius 1 is 1.25 bits per heavy atom. The average molecular weight is 278 g/mol. The normalized spacial score (nSPS) is 10.4. The van der Waals surface area contributed by atoms with Crippen molar-refractivity contribution in [2.45, 2.75) is 13.8 Å². The first-order valence-electron chi connectivity index (χ1n) is 6.53. The van der Waals surface area contributed by atoms with E-state index < -0.39 is 0 Å². The second-order valence-electron chi connectivity index (χ2n) is 4.75. The minimum Gasteiger partial charge on any atom is -0.398 e. The molecule has 0 radical (unpaired) electrons. The molecule has 4 N–H and O–H groups in total. The second kappa shape index (κ2) is 7.49. The number of benzene rings is 1. The number of carbonyl (C=O) groups excluding carboxylic acids is 2. The molecule has 0 aliphatic heterocycles. The van der Waals surface area contributed by atoms with Crippen LogP contribution in [-0.4, -0.2) is 43.4 Å². The van der Waals surface area contributed by atoms with Gasteiger partial charge in [0.25, 0.3) is 0 Å². The molecule has 6 heteroatoms. The van der Waals surface area contributed by atoms with Gasteiger partial charge in [-0.25, -0.2) is 0 Å². The molecule has 0 bridgehead atoms. The van der Waals surface area contributed by atoms with E-state index in [-0.39, 0.29) is 24.9 Å². The Balaban J connectivity index is 2.46. The Labute approximate surface area is 119 Å². The molecule has 2 amide bonds. The first kappa shape index (κ1) is 16.0. The number of anilines is 2. The van der Waals surface area contributed by atoms with Gasteiger partial charge in [-0.15, -0.1) is 0 Å². The maximum Gasteiger partial charge on any atom is 0.238 e. The maximum atomic E-state index is 11.8. The molecular formula is C14H22N4O2. The largest absolute Gasteiger partial charge is 0.398 e. The molecule has 1 aromatic rings. The van der Waals surface area contributed by atoms with Crippen molar-refractivity contribution in [1.29, 1.82) is 0 Å². The van der Waals surface area contributed by atoms with E-state index in [2.05, 4.69) is 10.6 Å². The van der Waals surface area contributed by atoms with Gasteiger partial charge >= 0.3 is 0 Å². The Morgan fingerprint density at radius 2 is 1.90 bits per heavy atom. The molecule has 0 aromatic heterocycles. The zero-order chi connectivity index (χ0) is 15.1. The van der Waals surface area contributed by atoms with Crippen LogP contribution >= 0.6 is 0 Å². The van der Waals surface area contributed by atoms with E-state index in [1.54, 1.807) is 24.1 Å². The van der Waals surface area contributed by atoms with Gasteiger partial charge in [0.1, 0.15) is 0 Å². The number of likely N-dealkylation sites (N-methyl/N-ethyl adjacent to an activating group) is 2. The highest BCUT2D eigenvalue weighted by molar-refractivity contribution is 5.93. The van der Waals surface area contributed by atoms with Crippen LogP contribution in [0.2, 0.25) is 0 Å². The molecule has 6 nitrogen and oxygen atoms in total. The van der Waals surface area contributed by atoms with Crippen LogP contribution in [0.5, 0.6) is 0 Å². The van der Waals surface area contributed by atoms with Crippen LogP contribution < -0.4 is 16.4 Å². The van der Waals surface area contributed by atoms with E-state index >= 15 is 0 Å². The first-order chi connectivity index (χ1) is 9.42. The number of aryl methyl sites for hydroxylation is 1. The molecular weight excluding hydrogens is 256 g/mol. The third-order valence-corrected chi connectivity index (χ3v) is 2.76. The molecule has 0 spiro atoms. The third kappa shape index (κ3) is 5.27. The zero-order valence-corrected chi connectivity index (χ0v) is 12.2. The fraction of sp³-hybridized carbons (Fsp3) is 0.429. The van der Waals surface area contributed by atoms with Gasteiger partial charge in [0.2, 0.25) is 11.8 Å². The number of nitrogens with one attached hydrogen (secondary N) is 2. The van der Waals surface area contributed by atoms with Crippen molar-refractivity contribution in [3.63, 3.8) is 0 Å². The Morgan fingerprint density at radius 3 is 2.50 bits per heavy atom. The summed E-state index contributed by atoms with van der Waals surface area (Å²) in [5, 5.41) is 5.44. The van der Waals surface area contributed by atoms with Gasteiger partial charge in [-0.05, 0) is 38.6 Å². The summed E-state index contributed by atoms with van der Waals surface area (Å²) in [5.41, 5.74) is 8.05. The number of hydrogen-bond acceptors (Lipinski definition) is 4. The van der Waals surface area contributed by atoms with Crippen molar-refractivity contribution in [2.75, 3.05) is 37.7 Å². The van der Waals surface area contributed by atoms with Crippen LogP contribution in [0.25, 0.3) is 0 Å². The minimum absolute atomic E-state index is 0.0950. The zero-order valence-electron chi connectivity index (χ0n) is 12.2. The molecule has 0 unspecified atom stereocenters. The first-order valence-corrected chi connectivity index (χ1v) is 6.53. The van der Waals surface area contributed by atoms with Crippen molar-refractivity contribution in [3.8, 4) is 0 Å². The van der Waals surface area contributed by atoms with Crippen LogP contribution in [0.1, 0.15) is 12.5 Å². The number of nitrogens with two attached hydrogens (primary N) is 1. The maximum absolute atomic E-state index is 11.8. The second-order valence-corrected chi connectivity index (χ2v) is 4.75. The van der Waals surface area contributed by atoms with Crippen molar-refractivity contribution in [1.82, 2.24) is 10.2 Å². The summed E-state index contributed by atoms with van der Waals surface area (Å²) < 4.78 is 0. The molecule has 1 rings (SSSR count). The summed E-state index contributed by atoms with van der Waals surface area (Å²) in [5.74, 6) is -0.276. The molecule has 0 aliphatic rings. The molecule has 20 heavy (non-hydrogen) atoms. The van der Waals surface area contributed by atoms with Crippen molar-refractivity contribution in [2.24, 2.45) is 0 Å². The van der Waals surface area contributed by atoms with Crippen molar-refractivity contribution in [3.05, 3.63) is 23.8 Å². The quantitative estimate of drug-likeness (QED) is 0.664. The SMILES string of the molecule is CCNC(=O)CN(C)CC(=O)Nc1ccc(C)c(N)c1. The molecule has 0 heterocycles. The van der Waals surface area contributed by atoms with Gasteiger partial charge in [0, 0.05) is 17.9 Å². The van der Waals surface area contributed by atoms with Crippen LogP contribution in [-0.2, 0) is 9.59 Å². The van der Waals surface area contributed by atoms with Gasteiger partial charge in [0.05, 0.1) is 13.1 Å². The van der Waals surface area contributed by atoms with E-state index in [1.807, 2.05) is 19.9 Å². The molecule has 1 aromatic carbocycles. The van der Waals surface area contributed by atoms with E-state index in [4.69, 9.17) is 5.73 Å². The Hall–Kier alpha value is -2.08. The summed E-state index contributed by atoms with van der Waals surface area (Å²) in [6.07, 6.45) is 0. The predicted octanol–water partition coefficient (Wildman–Crippen LogP) is 0.584. The fourth-order valence-electron chi connectivity index (χ4n) is 1.72. The summed E-state index contributed by atoms with van der Waals surface area (Å²) in [4.78, 5) is 24.9. The van der Waals surface area contributed by atoms with Gasteiger partial charge in [-0.3, -0.25) is 14.5 Å². The average Bonchev–Trinajstić information content (AvgIpc) is 2.33. The van der Waals surface area contributed by atoms with Gasteiger partial charge in [0.15, 0.2) is 0 Å². The van der Waals surface area contributed by atoms with Crippen LogP contribution in [0, 0.1) is 6.92 Å². The van der Waals surface area contributed by atoms with Gasteiger partial charge in [-0.1, -0.05) is 6.07 Å². The highest BCUT2D eigenvalue weighted by Gasteiger charge is 2.10. The fourth-order valence-corrected chi connectivity index (χ4v) is 1.72. The van der Waals surface area contributed by atoms with Crippen molar-refractivity contribution >= 4 is 23.2 Å². The number of nitrogen functional groups attached to an aromatic ring is 1. The topological polar surface area (TPSA) is 87.5 Å². The smallest absolute Gasteiger partial charge is 0.238 e. The summed E-state index contributed by atoms with van der Waals surface area (Å²) in [6, 6.07) is 5.37. The summed E-state index contributed by atoms with van der Waals surface area (Å²) >= 11 is 0. The molecule has 0 atom stereocenters. The lowest BCUT2D eigenvalue weighted by molar-refractivity contribution is -0.122. The van der Waals surface area contributed by atoms with Gasteiger partial charge < -0.3 is 16.4 Å². The highest BCUT2D eigenvalue weighted by atomic mass is 16.2. The van der Waals surface area contributed by atoms with E-state index in [1.165, 1.54) is 0 Å². The van der Waals surface area contributed by atoms with Crippen LogP contribution in [0.4, 0.5) is 11.4 Å². The molecule has 0 saturated carbocycles. The van der Waals surface area contributed by atoms with E-state index in [9.17, 15) is 9.59 Å². The highest BCUT2D eigenvalue weighted by Crippen LogP contribution is 2.16. The number of rotatable bonds is 6. The van der Waals surface area contributed by atoms with E-state index in [0.29, 0.717) is 17.9 Å².